The Hall–Kier alpha value is -3.72. The summed E-state index contributed by atoms with van der Waals surface area (Å²) in [5, 5.41) is 21.7. The zero-order valence-corrected chi connectivity index (χ0v) is 17.9. The second kappa shape index (κ2) is 9.41. The Kier molecular flexibility index (Phi) is 6.41. The molecule has 33 heavy (non-hydrogen) atoms. The number of aliphatic carboxylic acids is 1. The molecule has 2 aromatic carbocycles. The highest BCUT2D eigenvalue weighted by Gasteiger charge is 2.44. The van der Waals surface area contributed by atoms with Crippen LogP contribution in [0.3, 0.4) is 0 Å². The van der Waals surface area contributed by atoms with E-state index >= 15 is 0 Å². The van der Waals surface area contributed by atoms with Crippen LogP contribution in [-0.2, 0) is 16.0 Å². The first kappa shape index (κ1) is 22.5. The van der Waals surface area contributed by atoms with Crippen LogP contribution in [0.15, 0.2) is 42.5 Å². The van der Waals surface area contributed by atoms with Crippen LogP contribution in [-0.4, -0.2) is 51.5 Å². The third-order valence-corrected chi connectivity index (χ3v) is 6.27. The number of hydroxylamine groups is 1. The first-order valence-electron chi connectivity index (χ1n) is 10.9. The van der Waals surface area contributed by atoms with Crippen LogP contribution in [0.2, 0.25) is 0 Å². The van der Waals surface area contributed by atoms with Gasteiger partial charge in [0.1, 0.15) is 6.04 Å². The summed E-state index contributed by atoms with van der Waals surface area (Å²) >= 11 is 0. The average Bonchev–Trinajstić information content (AvgIpc) is 3.33. The maximum atomic E-state index is 12.8. The Labute approximate surface area is 190 Å². The van der Waals surface area contributed by atoms with Crippen LogP contribution in [0.1, 0.15) is 63.4 Å². The van der Waals surface area contributed by atoms with Gasteiger partial charge in [-0.3, -0.25) is 24.5 Å². The van der Waals surface area contributed by atoms with Gasteiger partial charge in [0.15, 0.2) is 0 Å². The molecule has 2 aromatic rings. The van der Waals surface area contributed by atoms with Crippen molar-refractivity contribution >= 4 is 29.4 Å². The van der Waals surface area contributed by atoms with Crippen LogP contribution in [0, 0.1) is 0 Å². The Morgan fingerprint density at radius 1 is 1.09 bits per heavy atom. The number of amides is 3. The maximum Gasteiger partial charge on any atom is 0.326 e. The van der Waals surface area contributed by atoms with Crippen molar-refractivity contribution in [1.29, 1.82) is 0 Å². The number of benzene rings is 2. The van der Waals surface area contributed by atoms with Gasteiger partial charge in [0.25, 0.3) is 11.8 Å². The number of rotatable bonds is 9. The van der Waals surface area contributed by atoms with Gasteiger partial charge in [-0.05, 0) is 55.0 Å². The molecule has 0 aliphatic carbocycles. The number of carboxylic acids is 1. The second-order valence-electron chi connectivity index (χ2n) is 8.36. The van der Waals surface area contributed by atoms with Crippen molar-refractivity contribution in [1.82, 2.24) is 10.4 Å². The van der Waals surface area contributed by atoms with E-state index in [1.165, 1.54) is 0 Å². The SMILES string of the molecule is O=C(CCCCc1ccc2c(c1)NCC2C[C@@H](C(=O)O)N1C(=O)c2ccccc2C1=O)NO. The number of nitrogens with zero attached hydrogens (tertiary/aromatic N) is 1. The quantitative estimate of drug-likeness (QED) is 0.199. The predicted molar refractivity (Wildman–Crippen MR) is 118 cm³/mol. The van der Waals surface area contributed by atoms with Gasteiger partial charge in [-0.25, -0.2) is 10.3 Å². The van der Waals surface area contributed by atoms with E-state index in [0.29, 0.717) is 13.0 Å². The number of carbonyl (C=O) groups is 4. The normalized spacial score (nSPS) is 17.4. The van der Waals surface area contributed by atoms with Crippen LogP contribution < -0.4 is 10.8 Å². The molecule has 2 aliphatic rings. The minimum Gasteiger partial charge on any atom is -0.480 e. The van der Waals surface area contributed by atoms with E-state index in [2.05, 4.69) is 5.32 Å². The van der Waals surface area contributed by atoms with Gasteiger partial charge in [0.2, 0.25) is 5.91 Å². The molecule has 172 valence electrons. The van der Waals surface area contributed by atoms with E-state index in [-0.39, 0.29) is 29.9 Å². The summed E-state index contributed by atoms with van der Waals surface area (Å²) in [5.74, 6) is -2.91. The number of aryl methyl sites for hydroxylation is 1. The number of carbonyl (C=O) groups excluding carboxylic acids is 3. The molecule has 0 aromatic heterocycles. The molecule has 2 aliphatic heterocycles. The van der Waals surface area contributed by atoms with Crippen LogP contribution >= 0.6 is 0 Å². The number of carboxylic acid groups (broad SMARTS) is 1. The van der Waals surface area contributed by atoms with Crippen molar-refractivity contribution in [2.24, 2.45) is 0 Å². The minimum atomic E-state index is -1.26. The molecule has 0 radical (unpaired) electrons. The second-order valence-corrected chi connectivity index (χ2v) is 8.36. The zero-order chi connectivity index (χ0) is 23.5. The first-order chi connectivity index (χ1) is 15.9. The maximum absolute atomic E-state index is 12.8. The lowest BCUT2D eigenvalue weighted by molar-refractivity contribution is -0.142. The summed E-state index contributed by atoms with van der Waals surface area (Å²) in [6, 6.07) is 11.1. The molecule has 2 atom stereocenters. The van der Waals surface area contributed by atoms with Crippen LogP contribution in [0.5, 0.6) is 0 Å². The lowest BCUT2D eigenvalue weighted by Gasteiger charge is -2.25. The zero-order valence-electron chi connectivity index (χ0n) is 17.9. The van der Waals surface area contributed by atoms with E-state index in [9.17, 15) is 24.3 Å². The highest BCUT2D eigenvalue weighted by molar-refractivity contribution is 6.22. The molecule has 0 saturated heterocycles. The fourth-order valence-corrected chi connectivity index (χ4v) is 4.57. The summed E-state index contributed by atoms with van der Waals surface area (Å²) in [6.07, 6.45) is 2.59. The smallest absolute Gasteiger partial charge is 0.326 e. The molecular weight excluding hydrogens is 426 g/mol. The number of hydrogen-bond donors (Lipinski definition) is 4. The molecule has 0 fully saturated rings. The molecule has 0 spiro atoms. The standard InChI is InChI=1S/C24H25N3O6/c28-21(26-33)8-4-1-5-14-9-10-16-15(13-25-19(16)11-14)12-20(24(31)32)27-22(29)17-6-2-3-7-18(17)23(27)30/h2-3,6-7,9-11,15,20,25,33H,1,4-5,8,12-13H2,(H,26,28)(H,31,32)/t15?,20-/m0/s1. The number of nitrogens with one attached hydrogen (secondary N) is 2. The van der Waals surface area contributed by atoms with Gasteiger partial charge in [-0.1, -0.05) is 24.3 Å². The fourth-order valence-electron chi connectivity index (χ4n) is 4.57. The summed E-state index contributed by atoms with van der Waals surface area (Å²) < 4.78 is 0. The van der Waals surface area contributed by atoms with Gasteiger partial charge in [0, 0.05) is 24.6 Å². The summed E-state index contributed by atoms with van der Waals surface area (Å²) in [5.41, 5.74) is 5.05. The Morgan fingerprint density at radius 3 is 2.42 bits per heavy atom. The molecule has 2 heterocycles. The van der Waals surface area contributed by atoms with E-state index in [1.54, 1.807) is 29.7 Å². The number of imide groups is 1. The molecule has 9 heteroatoms. The van der Waals surface area contributed by atoms with Gasteiger partial charge < -0.3 is 10.4 Å². The van der Waals surface area contributed by atoms with E-state index in [4.69, 9.17) is 5.21 Å². The van der Waals surface area contributed by atoms with E-state index < -0.39 is 29.7 Å². The summed E-state index contributed by atoms with van der Waals surface area (Å²) in [6.45, 7) is 0.516. The minimum absolute atomic E-state index is 0.121. The molecule has 1 unspecified atom stereocenters. The van der Waals surface area contributed by atoms with E-state index in [0.717, 1.165) is 34.6 Å². The largest absolute Gasteiger partial charge is 0.480 e. The summed E-state index contributed by atoms with van der Waals surface area (Å²) in [4.78, 5) is 49.6. The average molecular weight is 451 g/mol. The molecule has 9 nitrogen and oxygen atoms in total. The third kappa shape index (κ3) is 4.45. The monoisotopic (exact) mass is 451 g/mol. The van der Waals surface area contributed by atoms with E-state index in [1.807, 2.05) is 18.2 Å². The number of fused-ring (bicyclic) bond motifs is 2. The van der Waals surface area contributed by atoms with Gasteiger partial charge in [-0.2, -0.15) is 0 Å². The molecule has 4 rings (SSSR count). The predicted octanol–water partition coefficient (Wildman–Crippen LogP) is 2.55. The van der Waals surface area contributed by atoms with Gasteiger partial charge in [0.05, 0.1) is 11.1 Å². The Balaban J connectivity index is 1.44. The topological polar surface area (TPSA) is 136 Å². The van der Waals surface area contributed by atoms with Crippen LogP contribution in [0.25, 0.3) is 0 Å². The van der Waals surface area contributed by atoms with Gasteiger partial charge >= 0.3 is 5.97 Å². The van der Waals surface area contributed by atoms with Crippen molar-refractivity contribution in [3.05, 3.63) is 64.7 Å². The summed E-state index contributed by atoms with van der Waals surface area (Å²) in [7, 11) is 0. The molecule has 4 N–H and O–H groups in total. The molecule has 3 amide bonds. The number of unbranched alkanes of at least 4 members (excludes halogenated alkanes) is 1. The van der Waals surface area contributed by atoms with Crippen molar-refractivity contribution in [3.8, 4) is 0 Å². The first-order valence-corrected chi connectivity index (χ1v) is 10.9. The number of anilines is 1. The van der Waals surface area contributed by atoms with Crippen molar-refractivity contribution in [2.75, 3.05) is 11.9 Å². The Bertz CT molecular complexity index is 1080. The fraction of sp³-hybridized carbons (Fsp3) is 0.333. The van der Waals surface area contributed by atoms with Gasteiger partial charge in [-0.15, -0.1) is 0 Å². The lowest BCUT2D eigenvalue weighted by Crippen LogP contribution is -2.45. The van der Waals surface area contributed by atoms with Crippen molar-refractivity contribution < 1.29 is 29.5 Å². The van der Waals surface area contributed by atoms with Crippen molar-refractivity contribution in [3.63, 3.8) is 0 Å². The molecule has 0 saturated carbocycles. The highest BCUT2D eigenvalue weighted by atomic mass is 16.5. The lowest BCUT2D eigenvalue weighted by atomic mass is 9.92. The van der Waals surface area contributed by atoms with Crippen LogP contribution in [0.4, 0.5) is 5.69 Å². The third-order valence-electron chi connectivity index (χ3n) is 6.27. The Morgan fingerprint density at radius 2 is 1.79 bits per heavy atom. The highest BCUT2D eigenvalue weighted by Crippen LogP contribution is 2.37. The van der Waals surface area contributed by atoms with Crippen molar-refractivity contribution in [2.45, 2.75) is 44.1 Å². The molecule has 0 bridgehead atoms. The molecular formula is C24H25N3O6. The number of hydrogen-bond acceptors (Lipinski definition) is 6.